The van der Waals surface area contributed by atoms with Gasteiger partial charge in [0.15, 0.2) is 0 Å². The van der Waals surface area contributed by atoms with Gasteiger partial charge in [0, 0.05) is 11.9 Å². The Morgan fingerprint density at radius 1 is 1.29 bits per heavy atom. The van der Waals surface area contributed by atoms with Crippen LogP contribution >= 0.6 is 11.8 Å². The number of aryl methyl sites for hydroxylation is 1. The van der Waals surface area contributed by atoms with Crippen molar-refractivity contribution in [1.29, 1.82) is 0 Å². The second-order valence-electron chi connectivity index (χ2n) is 4.24. The van der Waals surface area contributed by atoms with Crippen LogP contribution < -0.4 is 5.32 Å². The first kappa shape index (κ1) is 15.4. The Morgan fingerprint density at radius 3 is 2.62 bits per heavy atom. The number of amides is 1. The van der Waals surface area contributed by atoms with Gasteiger partial charge < -0.3 is 5.32 Å². The van der Waals surface area contributed by atoms with Gasteiger partial charge in [-0.05, 0) is 48.0 Å². The monoisotopic (exact) mass is 308 g/mol. The number of aromatic nitrogens is 1. The standard InChI is InChI=1S/C15H14F2N2OS/c1-2-10-5-7-11(8-6-10)19-13(20)12-4-3-9-18-14(12)21-15(16)17/h3-9,15H,2H2,1H3,(H,19,20). The lowest BCUT2D eigenvalue weighted by molar-refractivity contribution is 0.102. The van der Waals surface area contributed by atoms with E-state index in [1.165, 1.54) is 12.3 Å². The molecule has 1 N–H and O–H groups in total. The molecule has 2 rings (SSSR count). The van der Waals surface area contributed by atoms with Gasteiger partial charge in [-0.25, -0.2) is 4.98 Å². The minimum absolute atomic E-state index is 0.0233. The lowest BCUT2D eigenvalue weighted by Gasteiger charge is -2.09. The summed E-state index contributed by atoms with van der Waals surface area (Å²) in [6.45, 7) is 2.04. The highest BCUT2D eigenvalue weighted by Crippen LogP contribution is 2.26. The third-order valence-corrected chi connectivity index (χ3v) is 3.56. The quantitative estimate of drug-likeness (QED) is 0.841. The number of hydrogen-bond donors (Lipinski definition) is 1. The molecule has 0 spiro atoms. The molecule has 0 aliphatic heterocycles. The van der Waals surface area contributed by atoms with Gasteiger partial charge >= 0.3 is 0 Å². The van der Waals surface area contributed by atoms with Crippen molar-refractivity contribution in [3.05, 3.63) is 53.7 Å². The molecule has 1 amide bonds. The van der Waals surface area contributed by atoms with Crippen LogP contribution in [0.25, 0.3) is 0 Å². The molecule has 0 unspecified atom stereocenters. The fourth-order valence-corrected chi connectivity index (χ4v) is 2.34. The highest BCUT2D eigenvalue weighted by molar-refractivity contribution is 7.99. The summed E-state index contributed by atoms with van der Waals surface area (Å²) in [6.07, 6.45) is 2.30. The first-order chi connectivity index (χ1) is 10.1. The van der Waals surface area contributed by atoms with Gasteiger partial charge in [-0.3, -0.25) is 4.79 Å². The predicted octanol–water partition coefficient (Wildman–Crippen LogP) is 4.21. The molecule has 0 radical (unpaired) electrons. The number of rotatable bonds is 5. The van der Waals surface area contributed by atoms with E-state index in [1.54, 1.807) is 18.2 Å². The Bertz CT molecular complexity index is 617. The van der Waals surface area contributed by atoms with E-state index in [0.717, 1.165) is 12.0 Å². The van der Waals surface area contributed by atoms with Gasteiger partial charge in [0.2, 0.25) is 0 Å². The maximum Gasteiger partial charge on any atom is 0.290 e. The Kier molecular flexibility index (Phi) is 5.27. The number of alkyl halides is 2. The summed E-state index contributed by atoms with van der Waals surface area (Å²) in [5, 5.41) is 2.71. The van der Waals surface area contributed by atoms with Crippen molar-refractivity contribution < 1.29 is 13.6 Å². The number of benzene rings is 1. The minimum Gasteiger partial charge on any atom is -0.322 e. The van der Waals surface area contributed by atoms with E-state index >= 15 is 0 Å². The molecule has 0 atom stereocenters. The first-order valence-corrected chi connectivity index (χ1v) is 7.28. The molecule has 0 bridgehead atoms. The topological polar surface area (TPSA) is 42.0 Å². The number of halogens is 2. The lowest BCUT2D eigenvalue weighted by Crippen LogP contribution is -2.13. The van der Waals surface area contributed by atoms with Crippen molar-refractivity contribution >= 4 is 23.4 Å². The minimum atomic E-state index is -2.62. The van der Waals surface area contributed by atoms with Crippen LogP contribution in [0.2, 0.25) is 0 Å². The zero-order chi connectivity index (χ0) is 15.2. The van der Waals surface area contributed by atoms with Gasteiger partial charge in [-0.2, -0.15) is 8.78 Å². The number of thioether (sulfide) groups is 1. The van der Waals surface area contributed by atoms with Crippen LogP contribution in [0.4, 0.5) is 14.5 Å². The van der Waals surface area contributed by atoms with Crippen LogP contribution in [0.5, 0.6) is 0 Å². The van der Waals surface area contributed by atoms with Crippen LogP contribution in [0.3, 0.4) is 0 Å². The van der Waals surface area contributed by atoms with E-state index < -0.39 is 11.7 Å². The molecule has 3 nitrogen and oxygen atoms in total. The maximum atomic E-state index is 12.5. The van der Waals surface area contributed by atoms with Crippen LogP contribution in [0.15, 0.2) is 47.6 Å². The summed E-state index contributed by atoms with van der Waals surface area (Å²) in [6, 6.07) is 10.4. The molecule has 0 saturated carbocycles. The molecule has 0 aliphatic carbocycles. The van der Waals surface area contributed by atoms with E-state index in [-0.39, 0.29) is 22.4 Å². The van der Waals surface area contributed by atoms with Crippen molar-refractivity contribution in [2.45, 2.75) is 24.1 Å². The number of anilines is 1. The number of nitrogens with zero attached hydrogens (tertiary/aromatic N) is 1. The molecule has 6 heteroatoms. The van der Waals surface area contributed by atoms with E-state index in [9.17, 15) is 13.6 Å². The smallest absolute Gasteiger partial charge is 0.290 e. The van der Waals surface area contributed by atoms with Crippen LogP contribution in [0.1, 0.15) is 22.8 Å². The fourth-order valence-electron chi connectivity index (χ4n) is 1.76. The summed E-state index contributed by atoms with van der Waals surface area (Å²) in [4.78, 5) is 16.0. The molecule has 2 aromatic rings. The third-order valence-electron chi connectivity index (χ3n) is 2.84. The van der Waals surface area contributed by atoms with Crippen LogP contribution in [-0.2, 0) is 6.42 Å². The van der Waals surface area contributed by atoms with Crippen molar-refractivity contribution in [2.24, 2.45) is 0 Å². The van der Waals surface area contributed by atoms with E-state index in [4.69, 9.17) is 0 Å². The van der Waals surface area contributed by atoms with Gasteiger partial charge in [0.25, 0.3) is 11.7 Å². The zero-order valence-electron chi connectivity index (χ0n) is 11.3. The predicted molar refractivity (Wildman–Crippen MR) is 79.9 cm³/mol. The first-order valence-electron chi connectivity index (χ1n) is 6.40. The fraction of sp³-hybridized carbons (Fsp3) is 0.200. The summed E-state index contributed by atoms with van der Waals surface area (Å²) >= 11 is 0.265. The average molecular weight is 308 g/mol. The second kappa shape index (κ2) is 7.17. The number of pyridine rings is 1. The molecule has 1 aromatic heterocycles. The van der Waals surface area contributed by atoms with Crippen molar-refractivity contribution in [2.75, 3.05) is 5.32 Å². The van der Waals surface area contributed by atoms with Crippen LogP contribution in [-0.4, -0.2) is 16.6 Å². The summed E-state index contributed by atoms with van der Waals surface area (Å²) in [5.74, 6) is -3.06. The summed E-state index contributed by atoms with van der Waals surface area (Å²) in [5.41, 5.74) is 1.92. The molecule has 110 valence electrons. The van der Waals surface area contributed by atoms with Gasteiger partial charge in [-0.15, -0.1) is 0 Å². The Morgan fingerprint density at radius 2 is 2.00 bits per heavy atom. The summed E-state index contributed by atoms with van der Waals surface area (Å²) < 4.78 is 24.9. The number of hydrogen-bond acceptors (Lipinski definition) is 3. The van der Waals surface area contributed by atoms with E-state index in [2.05, 4.69) is 10.3 Å². The van der Waals surface area contributed by atoms with Gasteiger partial charge in [-0.1, -0.05) is 19.1 Å². The molecular formula is C15H14F2N2OS. The molecule has 21 heavy (non-hydrogen) atoms. The lowest BCUT2D eigenvalue weighted by atomic mass is 10.1. The van der Waals surface area contributed by atoms with Gasteiger partial charge in [0.05, 0.1) is 5.56 Å². The molecule has 0 saturated heterocycles. The summed E-state index contributed by atoms with van der Waals surface area (Å²) in [7, 11) is 0. The maximum absolute atomic E-state index is 12.5. The highest BCUT2D eigenvalue weighted by Gasteiger charge is 2.16. The molecule has 1 aromatic carbocycles. The SMILES string of the molecule is CCc1ccc(NC(=O)c2cccnc2SC(F)F)cc1. The largest absolute Gasteiger partial charge is 0.322 e. The second-order valence-corrected chi connectivity index (χ2v) is 5.22. The van der Waals surface area contributed by atoms with Crippen molar-refractivity contribution in [3.63, 3.8) is 0 Å². The number of nitrogens with one attached hydrogen (secondary N) is 1. The number of carbonyl (C=O) groups excluding carboxylic acids is 1. The average Bonchev–Trinajstić information content (AvgIpc) is 2.48. The van der Waals surface area contributed by atoms with Crippen molar-refractivity contribution in [3.8, 4) is 0 Å². The molecular weight excluding hydrogens is 294 g/mol. The van der Waals surface area contributed by atoms with E-state index in [0.29, 0.717) is 5.69 Å². The normalized spacial score (nSPS) is 10.7. The third kappa shape index (κ3) is 4.26. The van der Waals surface area contributed by atoms with Crippen LogP contribution in [0, 0.1) is 0 Å². The molecule has 0 aliphatic rings. The Hall–Kier alpha value is -1.95. The highest BCUT2D eigenvalue weighted by atomic mass is 32.2. The zero-order valence-corrected chi connectivity index (χ0v) is 12.2. The Balaban J connectivity index is 2.16. The Labute approximate surface area is 125 Å². The molecule has 0 fully saturated rings. The van der Waals surface area contributed by atoms with Crippen molar-refractivity contribution in [1.82, 2.24) is 4.98 Å². The number of carbonyl (C=O) groups is 1. The van der Waals surface area contributed by atoms with Gasteiger partial charge in [0.1, 0.15) is 5.03 Å². The van der Waals surface area contributed by atoms with E-state index in [1.807, 2.05) is 19.1 Å². The molecule has 1 heterocycles.